The maximum Gasteiger partial charge on any atom is 0.133 e. The lowest BCUT2D eigenvalue weighted by molar-refractivity contribution is 0.411. The Hall–Kier alpha value is -0.550. The van der Waals surface area contributed by atoms with E-state index in [0.29, 0.717) is 6.54 Å². The molecule has 112 valence electrons. The molecule has 0 spiro atoms. The Bertz CT molecular complexity index is 634. The summed E-state index contributed by atoms with van der Waals surface area (Å²) in [7, 11) is 1.66. The molecule has 2 rings (SSSR count). The molecule has 21 heavy (non-hydrogen) atoms. The van der Waals surface area contributed by atoms with E-state index in [9.17, 15) is 0 Å². The number of methoxy groups -OCH3 is 1. The monoisotopic (exact) mass is 431 g/mol. The first-order valence-electron chi connectivity index (χ1n) is 6.52. The fourth-order valence-electron chi connectivity index (χ4n) is 2.01. The van der Waals surface area contributed by atoms with Crippen LogP contribution in [0.25, 0.3) is 0 Å². The second kappa shape index (κ2) is 7.63. The lowest BCUT2D eigenvalue weighted by Crippen LogP contribution is -2.18. The first-order chi connectivity index (χ1) is 10.0. The summed E-state index contributed by atoms with van der Waals surface area (Å²) in [6, 6.07) is 12.2. The Morgan fingerprint density at radius 2 is 1.95 bits per heavy atom. The molecular formula is C16H16Br2ClNO. The quantitative estimate of drug-likeness (QED) is 0.651. The van der Waals surface area contributed by atoms with Crippen LogP contribution >= 0.6 is 43.5 Å². The summed E-state index contributed by atoms with van der Waals surface area (Å²) in [5.74, 6) is 0.834. The number of halogens is 3. The van der Waals surface area contributed by atoms with Crippen molar-refractivity contribution >= 4 is 43.5 Å². The van der Waals surface area contributed by atoms with E-state index in [1.807, 2.05) is 24.3 Å². The van der Waals surface area contributed by atoms with Crippen molar-refractivity contribution in [2.75, 3.05) is 7.11 Å². The standard InChI is InChI=1S/C16H16Br2ClNO/c1-10(11-3-6-16(21-2)14(18)8-11)20-9-12-7-13(17)4-5-15(12)19/h3-8,10,20H,9H2,1-2H3. The van der Waals surface area contributed by atoms with E-state index < -0.39 is 0 Å². The van der Waals surface area contributed by atoms with Gasteiger partial charge in [-0.25, -0.2) is 0 Å². The van der Waals surface area contributed by atoms with Gasteiger partial charge in [-0.05, 0) is 64.3 Å². The minimum absolute atomic E-state index is 0.210. The first-order valence-corrected chi connectivity index (χ1v) is 8.48. The van der Waals surface area contributed by atoms with Crippen molar-refractivity contribution in [3.05, 3.63) is 61.5 Å². The summed E-state index contributed by atoms with van der Waals surface area (Å²) < 4.78 is 7.23. The van der Waals surface area contributed by atoms with Gasteiger partial charge in [0.05, 0.1) is 11.6 Å². The molecular weight excluding hydrogens is 417 g/mol. The fraction of sp³-hybridized carbons (Fsp3) is 0.250. The van der Waals surface area contributed by atoms with Gasteiger partial charge < -0.3 is 10.1 Å². The topological polar surface area (TPSA) is 21.3 Å². The van der Waals surface area contributed by atoms with E-state index in [2.05, 4.69) is 56.2 Å². The predicted octanol–water partition coefficient (Wildman–Crippen LogP) is 5.72. The summed E-state index contributed by atoms with van der Waals surface area (Å²) in [5, 5.41) is 4.25. The average Bonchev–Trinajstić information content (AvgIpc) is 2.47. The second-order valence-corrected chi connectivity index (χ2v) is 6.91. The van der Waals surface area contributed by atoms with Gasteiger partial charge in [0.25, 0.3) is 0 Å². The molecule has 2 nitrogen and oxygen atoms in total. The lowest BCUT2D eigenvalue weighted by atomic mass is 10.1. The molecule has 0 bridgehead atoms. The molecule has 0 amide bonds. The number of ether oxygens (including phenoxy) is 1. The van der Waals surface area contributed by atoms with Crippen LogP contribution in [0.4, 0.5) is 0 Å². The maximum atomic E-state index is 6.21. The number of nitrogens with one attached hydrogen (secondary N) is 1. The number of benzene rings is 2. The number of hydrogen-bond acceptors (Lipinski definition) is 2. The zero-order valence-electron chi connectivity index (χ0n) is 11.8. The van der Waals surface area contributed by atoms with E-state index in [-0.39, 0.29) is 6.04 Å². The zero-order chi connectivity index (χ0) is 15.4. The molecule has 2 aromatic rings. The van der Waals surface area contributed by atoms with E-state index in [4.69, 9.17) is 16.3 Å². The third-order valence-corrected chi connectivity index (χ3v) is 4.76. The van der Waals surface area contributed by atoms with Gasteiger partial charge in [-0.2, -0.15) is 0 Å². The molecule has 0 radical (unpaired) electrons. The minimum Gasteiger partial charge on any atom is -0.496 e. The Kier molecular flexibility index (Phi) is 6.11. The molecule has 0 aliphatic heterocycles. The molecule has 0 aromatic heterocycles. The largest absolute Gasteiger partial charge is 0.496 e. The third-order valence-electron chi connectivity index (χ3n) is 3.28. The molecule has 2 aromatic carbocycles. The van der Waals surface area contributed by atoms with Crippen molar-refractivity contribution in [2.45, 2.75) is 19.5 Å². The Labute approximate surface area is 147 Å². The molecule has 0 heterocycles. The van der Waals surface area contributed by atoms with Crippen molar-refractivity contribution in [1.82, 2.24) is 5.32 Å². The van der Waals surface area contributed by atoms with E-state index in [0.717, 1.165) is 25.3 Å². The zero-order valence-corrected chi connectivity index (χ0v) is 15.7. The van der Waals surface area contributed by atoms with Crippen LogP contribution in [0, 0.1) is 0 Å². The van der Waals surface area contributed by atoms with Crippen LogP contribution in [-0.2, 0) is 6.54 Å². The van der Waals surface area contributed by atoms with Gasteiger partial charge in [-0.1, -0.05) is 33.6 Å². The molecule has 1 unspecified atom stereocenters. The highest BCUT2D eigenvalue weighted by Gasteiger charge is 2.09. The fourth-order valence-corrected chi connectivity index (χ4v) is 3.16. The molecule has 5 heteroatoms. The van der Waals surface area contributed by atoms with Crippen molar-refractivity contribution in [3.8, 4) is 5.75 Å². The van der Waals surface area contributed by atoms with Crippen LogP contribution in [-0.4, -0.2) is 7.11 Å². The van der Waals surface area contributed by atoms with Crippen molar-refractivity contribution in [1.29, 1.82) is 0 Å². The second-order valence-electron chi connectivity index (χ2n) is 4.73. The molecule has 0 saturated heterocycles. The summed E-state index contributed by atoms with van der Waals surface area (Å²) in [5.41, 5.74) is 2.26. The van der Waals surface area contributed by atoms with Gasteiger partial charge in [0.1, 0.15) is 5.75 Å². The van der Waals surface area contributed by atoms with Crippen LogP contribution in [0.5, 0.6) is 5.75 Å². The summed E-state index contributed by atoms with van der Waals surface area (Å²) in [4.78, 5) is 0. The predicted molar refractivity (Wildman–Crippen MR) is 95.1 cm³/mol. The molecule has 0 fully saturated rings. The average molecular weight is 434 g/mol. The third kappa shape index (κ3) is 4.46. The van der Waals surface area contributed by atoms with Crippen LogP contribution in [0.2, 0.25) is 5.02 Å². The molecule has 0 aliphatic carbocycles. The number of rotatable bonds is 5. The summed E-state index contributed by atoms with van der Waals surface area (Å²) in [6.45, 7) is 2.84. The van der Waals surface area contributed by atoms with E-state index >= 15 is 0 Å². The van der Waals surface area contributed by atoms with Gasteiger partial charge in [-0.3, -0.25) is 0 Å². The van der Waals surface area contributed by atoms with E-state index in [1.165, 1.54) is 5.56 Å². The highest BCUT2D eigenvalue weighted by Crippen LogP contribution is 2.28. The van der Waals surface area contributed by atoms with Crippen molar-refractivity contribution in [3.63, 3.8) is 0 Å². The van der Waals surface area contributed by atoms with Gasteiger partial charge in [0.15, 0.2) is 0 Å². The van der Waals surface area contributed by atoms with Crippen molar-refractivity contribution in [2.24, 2.45) is 0 Å². The van der Waals surface area contributed by atoms with Crippen molar-refractivity contribution < 1.29 is 4.74 Å². The molecule has 1 atom stereocenters. The normalized spacial score (nSPS) is 12.2. The highest BCUT2D eigenvalue weighted by atomic mass is 79.9. The van der Waals surface area contributed by atoms with Crippen LogP contribution < -0.4 is 10.1 Å². The first kappa shape index (κ1) is 16.8. The Morgan fingerprint density at radius 1 is 1.19 bits per heavy atom. The van der Waals surface area contributed by atoms with Gasteiger partial charge in [0.2, 0.25) is 0 Å². The van der Waals surface area contributed by atoms with Gasteiger partial charge in [0, 0.05) is 22.1 Å². The Balaban J connectivity index is 2.06. The van der Waals surface area contributed by atoms with E-state index in [1.54, 1.807) is 7.11 Å². The highest BCUT2D eigenvalue weighted by molar-refractivity contribution is 9.10. The molecule has 0 saturated carbocycles. The smallest absolute Gasteiger partial charge is 0.133 e. The summed E-state index contributed by atoms with van der Waals surface area (Å²) in [6.07, 6.45) is 0. The Morgan fingerprint density at radius 3 is 2.62 bits per heavy atom. The van der Waals surface area contributed by atoms with Crippen LogP contribution in [0.15, 0.2) is 45.3 Å². The maximum absolute atomic E-state index is 6.21. The summed E-state index contributed by atoms with van der Waals surface area (Å²) >= 11 is 13.2. The SMILES string of the molecule is COc1ccc(C(C)NCc2cc(Br)ccc2Cl)cc1Br. The van der Waals surface area contributed by atoms with Gasteiger partial charge >= 0.3 is 0 Å². The molecule has 1 N–H and O–H groups in total. The minimum atomic E-state index is 0.210. The van der Waals surface area contributed by atoms with Crippen LogP contribution in [0.1, 0.15) is 24.1 Å². The van der Waals surface area contributed by atoms with Gasteiger partial charge in [-0.15, -0.1) is 0 Å². The lowest BCUT2D eigenvalue weighted by Gasteiger charge is -2.16. The molecule has 0 aliphatic rings. The number of hydrogen-bond donors (Lipinski definition) is 1. The van der Waals surface area contributed by atoms with Crippen LogP contribution in [0.3, 0.4) is 0 Å².